The van der Waals surface area contributed by atoms with Gasteiger partial charge < -0.3 is 15.4 Å². The molecule has 0 aliphatic rings. The lowest BCUT2D eigenvalue weighted by Gasteiger charge is -2.13. The average Bonchev–Trinajstić information content (AvgIpc) is 2.59. The predicted octanol–water partition coefficient (Wildman–Crippen LogP) is 5.41. The van der Waals surface area contributed by atoms with Gasteiger partial charge in [0.25, 0.3) is 0 Å². The monoisotopic (exact) mass is 376 g/mol. The van der Waals surface area contributed by atoms with Gasteiger partial charge in [0, 0.05) is 16.4 Å². The number of carbonyl (C=O) groups excluding carboxylic acids is 1. The molecule has 0 spiro atoms. The normalized spacial score (nSPS) is 10.2. The van der Waals surface area contributed by atoms with E-state index in [9.17, 15) is 4.79 Å². The topological polar surface area (TPSA) is 50.4 Å². The molecule has 2 aromatic carbocycles. The van der Waals surface area contributed by atoms with Gasteiger partial charge in [-0.2, -0.15) is 0 Å². The first-order chi connectivity index (χ1) is 12.0. The van der Waals surface area contributed by atoms with Gasteiger partial charge >= 0.3 is 5.97 Å². The van der Waals surface area contributed by atoms with Gasteiger partial charge in [0.2, 0.25) is 0 Å². The maximum atomic E-state index is 11.9. The second-order valence-electron chi connectivity index (χ2n) is 5.56. The van der Waals surface area contributed by atoms with E-state index in [0.29, 0.717) is 22.3 Å². The SMILES string of the molecule is CCCCOC(=O)c1ccc(NC(=S)Nc2cccc(Cl)c2C)cc1. The van der Waals surface area contributed by atoms with Crippen molar-refractivity contribution in [1.29, 1.82) is 0 Å². The maximum Gasteiger partial charge on any atom is 0.338 e. The number of thiocarbonyl (C=S) groups is 1. The molecule has 4 nitrogen and oxygen atoms in total. The first-order valence-electron chi connectivity index (χ1n) is 8.11. The summed E-state index contributed by atoms with van der Waals surface area (Å²) in [5.41, 5.74) is 3.08. The summed E-state index contributed by atoms with van der Waals surface area (Å²) in [6, 6.07) is 12.6. The highest BCUT2D eigenvalue weighted by atomic mass is 35.5. The van der Waals surface area contributed by atoms with Crippen LogP contribution in [0.25, 0.3) is 0 Å². The molecule has 2 aromatic rings. The highest BCUT2D eigenvalue weighted by molar-refractivity contribution is 7.80. The van der Waals surface area contributed by atoms with E-state index < -0.39 is 0 Å². The molecular formula is C19H21ClN2O2S. The Kier molecular flexibility index (Phi) is 7.22. The zero-order chi connectivity index (χ0) is 18.2. The third-order valence-electron chi connectivity index (χ3n) is 3.63. The summed E-state index contributed by atoms with van der Waals surface area (Å²) in [6.07, 6.45) is 1.86. The highest BCUT2D eigenvalue weighted by Gasteiger charge is 2.08. The number of rotatable bonds is 6. The van der Waals surface area contributed by atoms with Crippen molar-refractivity contribution >= 4 is 46.3 Å². The Balaban J connectivity index is 1.93. The van der Waals surface area contributed by atoms with Crippen molar-refractivity contribution in [2.24, 2.45) is 0 Å². The molecule has 25 heavy (non-hydrogen) atoms. The molecule has 0 heterocycles. The van der Waals surface area contributed by atoms with E-state index >= 15 is 0 Å². The van der Waals surface area contributed by atoms with E-state index in [1.54, 1.807) is 24.3 Å². The molecule has 0 aromatic heterocycles. The molecule has 0 atom stereocenters. The Morgan fingerprint density at radius 1 is 1.16 bits per heavy atom. The summed E-state index contributed by atoms with van der Waals surface area (Å²) < 4.78 is 5.18. The molecule has 2 rings (SSSR count). The van der Waals surface area contributed by atoms with Gasteiger partial charge in [0.1, 0.15) is 0 Å². The van der Waals surface area contributed by atoms with Crippen molar-refractivity contribution in [3.8, 4) is 0 Å². The number of ether oxygens (including phenoxy) is 1. The van der Waals surface area contributed by atoms with Crippen LogP contribution in [0.4, 0.5) is 11.4 Å². The van der Waals surface area contributed by atoms with Crippen LogP contribution in [0.1, 0.15) is 35.7 Å². The van der Waals surface area contributed by atoms with Gasteiger partial charge in [-0.1, -0.05) is 31.0 Å². The maximum absolute atomic E-state index is 11.9. The summed E-state index contributed by atoms with van der Waals surface area (Å²) in [4.78, 5) is 11.9. The van der Waals surface area contributed by atoms with Crippen LogP contribution in [0.3, 0.4) is 0 Å². The van der Waals surface area contributed by atoms with Crippen LogP contribution in [-0.2, 0) is 4.74 Å². The van der Waals surface area contributed by atoms with Crippen molar-refractivity contribution in [1.82, 2.24) is 0 Å². The van der Waals surface area contributed by atoms with Crippen molar-refractivity contribution in [2.75, 3.05) is 17.2 Å². The molecule has 0 radical (unpaired) electrons. The molecule has 0 amide bonds. The Hall–Kier alpha value is -2.11. The summed E-state index contributed by atoms with van der Waals surface area (Å²) in [7, 11) is 0. The van der Waals surface area contributed by atoms with E-state index in [4.69, 9.17) is 28.6 Å². The summed E-state index contributed by atoms with van der Waals surface area (Å²) in [6.45, 7) is 4.42. The van der Waals surface area contributed by atoms with Crippen LogP contribution >= 0.6 is 23.8 Å². The quantitative estimate of drug-likeness (QED) is 0.401. The Morgan fingerprint density at radius 3 is 2.56 bits per heavy atom. The van der Waals surface area contributed by atoms with Crippen LogP contribution in [0, 0.1) is 6.92 Å². The number of esters is 1. The van der Waals surface area contributed by atoms with E-state index in [-0.39, 0.29) is 5.97 Å². The number of carbonyl (C=O) groups is 1. The fraction of sp³-hybridized carbons (Fsp3) is 0.263. The van der Waals surface area contributed by atoms with Gasteiger partial charge in [-0.15, -0.1) is 0 Å². The smallest absolute Gasteiger partial charge is 0.338 e. The van der Waals surface area contributed by atoms with Crippen molar-refractivity contribution < 1.29 is 9.53 Å². The number of nitrogens with one attached hydrogen (secondary N) is 2. The molecule has 0 unspecified atom stereocenters. The largest absolute Gasteiger partial charge is 0.462 e. The van der Waals surface area contributed by atoms with Gasteiger partial charge in [-0.25, -0.2) is 4.79 Å². The standard InChI is InChI=1S/C19H21ClN2O2S/c1-3-4-12-24-18(23)14-8-10-15(11-9-14)21-19(25)22-17-7-5-6-16(20)13(17)2/h5-11H,3-4,12H2,1-2H3,(H2,21,22,25). The highest BCUT2D eigenvalue weighted by Crippen LogP contribution is 2.23. The van der Waals surface area contributed by atoms with Gasteiger partial charge in [-0.3, -0.25) is 0 Å². The number of hydrogen-bond donors (Lipinski definition) is 2. The van der Waals surface area contributed by atoms with Crippen LogP contribution in [-0.4, -0.2) is 17.7 Å². The number of unbranched alkanes of at least 4 members (excludes halogenated alkanes) is 1. The van der Waals surface area contributed by atoms with Crippen LogP contribution in [0.15, 0.2) is 42.5 Å². The molecule has 0 bridgehead atoms. The average molecular weight is 377 g/mol. The second kappa shape index (κ2) is 9.39. The number of halogens is 1. The lowest BCUT2D eigenvalue weighted by Crippen LogP contribution is -2.19. The van der Waals surface area contributed by atoms with Crippen molar-refractivity contribution in [3.05, 3.63) is 58.6 Å². The lowest BCUT2D eigenvalue weighted by molar-refractivity contribution is 0.0500. The number of benzene rings is 2. The van der Waals surface area contributed by atoms with Gasteiger partial charge in [-0.05, 0) is 67.5 Å². The molecule has 0 aliphatic heterocycles. The summed E-state index contributed by atoms with van der Waals surface area (Å²) >= 11 is 11.4. The van der Waals surface area contributed by atoms with E-state index in [1.165, 1.54) is 0 Å². The minimum Gasteiger partial charge on any atom is -0.462 e. The molecule has 0 fully saturated rings. The Morgan fingerprint density at radius 2 is 1.88 bits per heavy atom. The lowest BCUT2D eigenvalue weighted by atomic mass is 10.2. The third kappa shape index (κ3) is 5.73. The van der Waals surface area contributed by atoms with E-state index in [1.807, 2.05) is 25.1 Å². The number of hydrogen-bond acceptors (Lipinski definition) is 3. The van der Waals surface area contributed by atoms with Gasteiger partial charge in [0.05, 0.1) is 12.2 Å². The molecular weight excluding hydrogens is 356 g/mol. The fourth-order valence-corrected chi connectivity index (χ4v) is 2.51. The fourth-order valence-electron chi connectivity index (χ4n) is 2.11. The third-order valence-corrected chi connectivity index (χ3v) is 4.24. The van der Waals surface area contributed by atoms with Crippen LogP contribution in [0.2, 0.25) is 5.02 Å². The minimum atomic E-state index is -0.310. The van der Waals surface area contributed by atoms with Crippen molar-refractivity contribution in [2.45, 2.75) is 26.7 Å². The van der Waals surface area contributed by atoms with Gasteiger partial charge in [0.15, 0.2) is 5.11 Å². The molecule has 0 saturated heterocycles. The molecule has 6 heteroatoms. The van der Waals surface area contributed by atoms with Crippen LogP contribution in [0.5, 0.6) is 0 Å². The Labute approximate surface area is 158 Å². The molecule has 2 N–H and O–H groups in total. The first kappa shape index (κ1) is 19.2. The van der Waals surface area contributed by atoms with E-state index in [0.717, 1.165) is 29.8 Å². The van der Waals surface area contributed by atoms with Crippen molar-refractivity contribution in [3.63, 3.8) is 0 Å². The molecule has 132 valence electrons. The summed E-state index contributed by atoms with van der Waals surface area (Å²) in [5, 5.41) is 7.32. The molecule has 0 saturated carbocycles. The van der Waals surface area contributed by atoms with Crippen LogP contribution < -0.4 is 10.6 Å². The Bertz CT molecular complexity index is 748. The minimum absolute atomic E-state index is 0.310. The van der Waals surface area contributed by atoms with E-state index in [2.05, 4.69) is 17.6 Å². The summed E-state index contributed by atoms with van der Waals surface area (Å²) in [5.74, 6) is -0.310. The number of anilines is 2. The second-order valence-corrected chi connectivity index (χ2v) is 6.37. The zero-order valence-electron chi connectivity index (χ0n) is 14.3. The first-order valence-corrected chi connectivity index (χ1v) is 8.90. The molecule has 0 aliphatic carbocycles. The zero-order valence-corrected chi connectivity index (χ0v) is 15.8. The predicted molar refractivity (Wildman–Crippen MR) is 108 cm³/mol.